The van der Waals surface area contributed by atoms with E-state index in [2.05, 4.69) is 17.4 Å². The highest BCUT2D eigenvalue weighted by molar-refractivity contribution is 5.57. The van der Waals surface area contributed by atoms with Gasteiger partial charge in [0, 0.05) is 35.9 Å². The first kappa shape index (κ1) is 14.2. The van der Waals surface area contributed by atoms with E-state index in [1.807, 2.05) is 24.3 Å². The number of nitrogens with zero attached hydrogens (tertiary/aromatic N) is 1. The van der Waals surface area contributed by atoms with Gasteiger partial charge in [0.1, 0.15) is 0 Å². The second-order valence-electron chi connectivity index (χ2n) is 6.16. The summed E-state index contributed by atoms with van der Waals surface area (Å²) < 4.78 is 6.07. The zero-order valence-electron chi connectivity index (χ0n) is 12.6. The predicted octanol–water partition coefficient (Wildman–Crippen LogP) is 4.23. The molecule has 0 aromatic heterocycles. The van der Waals surface area contributed by atoms with Crippen LogP contribution in [0.5, 0.6) is 0 Å². The molecule has 1 N–H and O–H groups in total. The first-order chi connectivity index (χ1) is 11.2. The molecule has 2 aromatic carbocycles. The molecule has 2 aliphatic heterocycles. The van der Waals surface area contributed by atoms with Crippen LogP contribution in [0.15, 0.2) is 48.5 Å². The smallest absolute Gasteiger partial charge is 0.269 e. The number of rotatable bonds is 2. The molecule has 1 fully saturated rings. The fraction of sp³-hybridized carbons (Fsp3) is 0.333. The molecule has 5 nitrogen and oxygen atoms in total. The maximum absolute atomic E-state index is 10.9. The number of nitro benzene ring substituents is 1. The van der Waals surface area contributed by atoms with Crippen molar-refractivity contribution in [1.29, 1.82) is 0 Å². The minimum absolute atomic E-state index is 0.0985. The fourth-order valence-corrected chi connectivity index (χ4v) is 3.75. The van der Waals surface area contributed by atoms with Crippen molar-refractivity contribution in [2.24, 2.45) is 5.92 Å². The van der Waals surface area contributed by atoms with E-state index in [0.29, 0.717) is 5.92 Å². The van der Waals surface area contributed by atoms with Crippen LogP contribution in [-0.4, -0.2) is 11.5 Å². The van der Waals surface area contributed by atoms with Crippen molar-refractivity contribution in [2.75, 3.05) is 11.9 Å². The van der Waals surface area contributed by atoms with Gasteiger partial charge in [0.25, 0.3) is 5.69 Å². The molecule has 0 unspecified atom stereocenters. The van der Waals surface area contributed by atoms with Crippen LogP contribution in [0.2, 0.25) is 0 Å². The summed E-state index contributed by atoms with van der Waals surface area (Å²) in [6.07, 6.45) is 2.24. The molecular formula is C18H18N2O3. The van der Waals surface area contributed by atoms with Crippen molar-refractivity contribution in [1.82, 2.24) is 0 Å². The van der Waals surface area contributed by atoms with E-state index in [9.17, 15) is 10.1 Å². The van der Waals surface area contributed by atoms with Gasteiger partial charge in [-0.05, 0) is 24.5 Å². The number of non-ortho nitro benzene ring substituents is 1. The molecule has 3 atom stereocenters. The second-order valence-corrected chi connectivity index (χ2v) is 6.16. The molecule has 2 aromatic rings. The van der Waals surface area contributed by atoms with Crippen LogP contribution >= 0.6 is 0 Å². The second kappa shape index (κ2) is 5.66. The van der Waals surface area contributed by atoms with Gasteiger partial charge in [0.15, 0.2) is 0 Å². The minimum atomic E-state index is -0.361. The molecular weight excluding hydrogens is 292 g/mol. The standard InChI is InChI=1S/C18H18N2O3/c21-20(22)13-9-7-12(8-10-13)17-15-5-3-11-23-18(15)14-4-1-2-6-16(14)19-17/h1-2,4,6-10,15,17-19H,3,5,11H2/t15-,17+,18+/m1/s1. The molecule has 1 saturated heterocycles. The summed E-state index contributed by atoms with van der Waals surface area (Å²) in [5.41, 5.74) is 3.52. The van der Waals surface area contributed by atoms with E-state index >= 15 is 0 Å². The van der Waals surface area contributed by atoms with Gasteiger partial charge in [-0.25, -0.2) is 0 Å². The monoisotopic (exact) mass is 310 g/mol. The highest BCUT2D eigenvalue weighted by atomic mass is 16.6. The van der Waals surface area contributed by atoms with Crippen LogP contribution in [0, 0.1) is 16.0 Å². The van der Waals surface area contributed by atoms with Crippen LogP contribution in [0.1, 0.15) is 36.1 Å². The summed E-state index contributed by atoms with van der Waals surface area (Å²) in [5, 5.41) is 14.5. The molecule has 118 valence electrons. The third-order valence-electron chi connectivity index (χ3n) is 4.84. The lowest BCUT2D eigenvalue weighted by Gasteiger charge is -2.43. The lowest BCUT2D eigenvalue weighted by molar-refractivity contribution is -0.384. The van der Waals surface area contributed by atoms with E-state index in [4.69, 9.17) is 4.74 Å². The summed E-state index contributed by atoms with van der Waals surface area (Å²) >= 11 is 0. The lowest BCUT2D eigenvalue weighted by Crippen LogP contribution is -2.35. The number of ether oxygens (including phenoxy) is 1. The van der Waals surface area contributed by atoms with Gasteiger partial charge in [-0.2, -0.15) is 0 Å². The molecule has 0 aliphatic carbocycles. The number of hydrogen-bond acceptors (Lipinski definition) is 4. The number of benzene rings is 2. The number of nitrogens with one attached hydrogen (secondary N) is 1. The first-order valence-corrected chi connectivity index (χ1v) is 7.95. The molecule has 0 saturated carbocycles. The normalized spacial score (nSPS) is 25.8. The zero-order chi connectivity index (χ0) is 15.8. The Morgan fingerprint density at radius 1 is 1.13 bits per heavy atom. The average Bonchev–Trinajstić information content (AvgIpc) is 2.61. The molecule has 5 heteroatoms. The van der Waals surface area contributed by atoms with E-state index in [-0.39, 0.29) is 22.8 Å². The highest BCUT2D eigenvalue weighted by Gasteiger charge is 2.39. The predicted molar refractivity (Wildman–Crippen MR) is 87.3 cm³/mol. The Hall–Kier alpha value is -2.40. The van der Waals surface area contributed by atoms with Crippen molar-refractivity contribution in [3.05, 3.63) is 69.8 Å². The van der Waals surface area contributed by atoms with Crippen LogP contribution < -0.4 is 5.32 Å². The average molecular weight is 310 g/mol. The van der Waals surface area contributed by atoms with Gasteiger partial charge in [-0.15, -0.1) is 0 Å². The van der Waals surface area contributed by atoms with Gasteiger partial charge in [-0.1, -0.05) is 30.3 Å². The quantitative estimate of drug-likeness (QED) is 0.666. The van der Waals surface area contributed by atoms with E-state index in [1.54, 1.807) is 12.1 Å². The zero-order valence-corrected chi connectivity index (χ0v) is 12.6. The Kier molecular flexibility index (Phi) is 3.50. The third-order valence-corrected chi connectivity index (χ3v) is 4.84. The van der Waals surface area contributed by atoms with Crippen LogP contribution in [0.25, 0.3) is 0 Å². The molecule has 0 amide bonds. The van der Waals surface area contributed by atoms with Crippen molar-refractivity contribution in [2.45, 2.75) is 25.0 Å². The maximum atomic E-state index is 10.9. The molecule has 23 heavy (non-hydrogen) atoms. The summed E-state index contributed by atoms with van der Waals surface area (Å²) in [6.45, 7) is 0.794. The minimum Gasteiger partial charge on any atom is -0.378 e. The van der Waals surface area contributed by atoms with Crippen LogP contribution in [-0.2, 0) is 4.74 Å². The van der Waals surface area contributed by atoms with Gasteiger partial charge < -0.3 is 10.1 Å². The number of fused-ring (bicyclic) bond motifs is 3. The number of nitro groups is 1. The number of hydrogen-bond donors (Lipinski definition) is 1. The molecule has 2 aliphatic rings. The maximum Gasteiger partial charge on any atom is 0.269 e. The Morgan fingerprint density at radius 2 is 1.91 bits per heavy atom. The highest BCUT2D eigenvalue weighted by Crippen LogP contribution is 2.48. The van der Waals surface area contributed by atoms with E-state index < -0.39 is 0 Å². The SMILES string of the molecule is O=[N+]([O-])c1ccc([C@@H]2Nc3ccccc3[C@@H]3OCCC[C@H]23)cc1. The van der Waals surface area contributed by atoms with Crippen LogP contribution in [0.3, 0.4) is 0 Å². The van der Waals surface area contributed by atoms with Crippen molar-refractivity contribution >= 4 is 11.4 Å². The first-order valence-electron chi connectivity index (χ1n) is 7.95. The molecule has 0 spiro atoms. The molecule has 4 rings (SSSR count). The Balaban J connectivity index is 1.72. The topological polar surface area (TPSA) is 64.4 Å². The van der Waals surface area contributed by atoms with E-state index in [0.717, 1.165) is 30.7 Å². The summed E-state index contributed by atoms with van der Waals surface area (Å²) in [6, 6.07) is 15.2. The van der Waals surface area contributed by atoms with E-state index in [1.165, 1.54) is 5.56 Å². The Morgan fingerprint density at radius 3 is 2.70 bits per heavy atom. The Labute approximate surface area is 134 Å². The lowest BCUT2D eigenvalue weighted by atomic mass is 9.77. The number of para-hydroxylation sites is 1. The molecule has 2 heterocycles. The van der Waals surface area contributed by atoms with Gasteiger partial charge in [0.2, 0.25) is 0 Å². The molecule has 0 radical (unpaired) electrons. The summed E-state index contributed by atoms with van der Waals surface area (Å²) in [7, 11) is 0. The van der Waals surface area contributed by atoms with Crippen molar-refractivity contribution < 1.29 is 9.66 Å². The largest absolute Gasteiger partial charge is 0.378 e. The van der Waals surface area contributed by atoms with Gasteiger partial charge >= 0.3 is 0 Å². The van der Waals surface area contributed by atoms with Crippen molar-refractivity contribution in [3.8, 4) is 0 Å². The van der Waals surface area contributed by atoms with Crippen LogP contribution in [0.4, 0.5) is 11.4 Å². The summed E-state index contributed by atoms with van der Waals surface area (Å²) in [4.78, 5) is 10.5. The fourth-order valence-electron chi connectivity index (χ4n) is 3.75. The number of anilines is 1. The Bertz CT molecular complexity index is 729. The van der Waals surface area contributed by atoms with Gasteiger partial charge in [0.05, 0.1) is 17.1 Å². The summed E-state index contributed by atoms with van der Waals surface area (Å²) in [5.74, 6) is 0.347. The van der Waals surface area contributed by atoms with Gasteiger partial charge in [-0.3, -0.25) is 10.1 Å². The van der Waals surface area contributed by atoms with Crippen molar-refractivity contribution in [3.63, 3.8) is 0 Å². The molecule has 0 bridgehead atoms. The third kappa shape index (κ3) is 2.47.